The molecule has 5 heteroatoms. The van der Waals surface area contributed by atoms with Gasteiger partial charge in [-0.1, -0.05) is 18.2 Å². The van der Waals surface area contributed by atoms with E-state index in [4.69, 9.17) is 10.7 Å². The third kappa shape index (κ3) is 3.11. The van der Waals surface area contributed by atoms with Crippen LogP contribution in [-0.4, -0.2) is 15.6 Å². The highest BCUT2D eigenvalue weighted by molar-refractivity contribution is 8.38. The molecule has 0 spiro atoms. The monoisotopic (exact) mass is 250 g/mol. The summed E-state index contributed by atoms with van der Waals surface area (Å²) in [6, 6.07) is 1.32. The molecule has 0 radical (unpaired) electrons. The molecule has 0 aliphatic heterocycles. The number of rotatable bonds is 7. The molecule has 0 aliphatic carbocycles. The molecule has 0 atom stereocenters. The van der Waals surface area contributed by atoms with Gasteiger partial charge in [-0.05, 0) is 18.1 Å². The fourth-order valence-electron chi connectivity index (χ4n) is 1.34. The maximum absolute atomic E-state index is 11.5. The number of halogens is 1. The van der Waals surface area contributed by atoms with E-state index in [0.717, 1.165) is 0 Å². The Morgan fingerprint density at radius 1 is 1.00 bits per heavy atom. The SMILES string of the molecule is C=CC[Si](CC=C)(CC=C)S(=O)(=O)Cl. The van der Waals surface area contributed by atoms with Crippen molar-refractivity contribution in [3.8, 4) is 0 Å². The third-order valence-corrected chi connectivity index (χ3v) is 13.7. The van der Waals surface area contributed by atoms with Gasteiger partial charge in [0.15, 0.2) is 0 Å². The van der Waals surface area contributed by atoms with Gasteiger partial charge in [0.1, 0.15) is 0 Å². The van der Waals surface area contributed by atoms with E-state index in [2.05, 4.69) is 19.7 Å². The van der Waals surface area contributed by atoms with E-state index in [1.807, 2.05) is 0 Å². The summed E-state index contributed by atoms with van der Waals surface area (Å²) in [5.41, 5.74) is 0. The maximum atomic E-state index is 11.5. The first kappa shape index (κ1) is 13.7. The zero-order valence-electron chi connectivity index (χ0n) is 8.08. The second-order valence-corrected chi connectivity index (χ2v) is 13.8. The van der Waals surface area contributed by atoms with Gasteiger partial charge in [0.2, 0.25) is 15.7 Å². The Morgan fingerprint density at radius 2 is 1.29 bits per heavy atom. The summed E-state index contributed by atoms with van der Waals surface area (Å²) in [5.74, 6) is 0. The first-order chi connectivity index (χ1) is 6.43. The molecule has 0 aromatic rings. The van der Waals surface area contributed by atoms with E-state index < -0.39 is 15.7 Å². The average molecular weight is 251 g/mol. The van der Waals surface area contributed by atoms with Crippen LogP contribution >= 0.6 is 10.7 Å². The van der Waals surface area contributed by atoms with Gasteiger partial charge >= 0.3 is 0 Å². The molecule has 0 fully saturated rings. The van der Waals surface area contributed by atoms with Crippen molar-refractivity contribution >= 4 is 26.4 Å². The zero-order chi connectivity index (χ0) is 11.2. The van der Waals surface area contributed by atoms with Gasteiger partial charge in [-0.3, -0.25) is 0 Å². The van der Waals surface area contributed by atoms with Crippen LogP contribution in [0.5, 0.6) is 0 Å². The third-order valence-electron chi connectivity index (χ3n) is 2.07. The molecule has 0 unspecified atom stereocenters. The smallest absolute Gasteiger partial charge is 0.220 e. The Morgan fingerprint density at radius 3 is 1.43 bits per heavy atom. The first-order valence-electron chi connectivity index (χ1n) is 4.20. The van der Waals surface area contributed by atoms with E-state index in [1.165, 1.54) is 0 Å². The summed E-state index contributed by atoms with van der Waals surface area (Å²) in [6.45, 7) is 10.7. The van der Waals surface area contributed by atoms with Crippen molar-refractivity contribution < 1.29 is 8.42 Å². The molecule has 0 N–H and O–H groups in total. The topological polar surface area (TPSA) is 34.1 Å². The van der Waals surface area contributed by atoms with Gasteiger partial charge in [-0.25, -0.2) is 8.42 Å². The molecule has 2 nitrogen and oxygen atoms in total. The highest BCUT2D eigenvalue weighted by Gasteiger charge is 2.42. The van der Waals surface area contributed by atoms with Crippen LogP contribution in [0.3, 0.4) is 0 Å². The lowest BCUT2D eigenvalue weighted by atomic mass is 10.7. The average Bonchev–Trinajstić information content (AvgIpc) is 2.03. The van der Waals surface area contributed by atoms with Gasteiger partial charge < -0.3 is 0 Å². The Labute approximate surface area is 91.0 Å². The molecule has 14 heavy (non-hydrogen) atoms. The van der Waals surface area contributed by atoms with Gasteiger partial charge in [0, 0.05) is 10.7 Å². The summed E-state index contributed by atoms with van der Waals surface area (Å²) in [4.78, 5) is 0. The normalized spacial score (nSPS) is 12.1. The van der Waals surface area contributed by atoms with Crippen LogP contribution in [0, 0.1) is 0 Å². The van der Waals surface area contributed by atoms with Gasteiger partial charge in [0.05, 0.1) is 0 Å². The van der Waals surface area contributed by atoms with Gasteiger partial charge in [-0.2, -0.15) is 0 Å². The highest BCUT2D eigenvalue weighted by Crippen LogP contribution is 2.31. The van der Waals surface area contributed by atoms with E-state index >= 15 is 0 Å². The second kappa shape index (κ2) is 5.53. The molecule has 0 heterocycles. The molecule has 0 aromatic heterocycles. The minimum Gasteiger partial charge on any atom is -0.220 e. The van der Waals surface area contributed by atoms with Crippen molar-refractivity contribution in [1.29, 1.82) is 0 Å². The second-order valence-electron chi connectivity index (χ2n) is 3.10. The molecule has 0 amide bonds. The van der Waals surface area contributed by atoms with Crippen molar-refractivity contribution in [3.63, 3.8) is 0 Å². The Balaban J connectivity index is 5.22. The molecule has 0 rings (SSSR count). The fraction of sp³-hybridized carbons (Fsp3) is 0.333. The molecular weight excluding hydrogens is 236 g/mol. The Hall–Kier alpha value is -0.323. The van der Waals surface area contributed by atoms with Crippen LogP contribution in [0.4, 0.5) is 0 Å². The summed E-state index contributed by atoms with van der Waals surface area (Å²) < 4.78 is 23.0. The lowest BCUT2D eigenvalue weighted by molar-refractivity contribution is 0.619. The first-order valence-corrected chi connectivity index (χ1v) is 9.86. The van der Waals surface area contributed by atoms with Crippen molar-refractivity contribution in [2.75, 3.05) is 0 Å². The molecule has 0 saturated carbocycles. The van der Waals surface area contributed by atoms with Crippen molar-refractivity contribution in [1.82, 2.24) is 0 Å². The van der Waals surface area contributed by atoms with E-state index in [-0.39, 0.29) is 0 Å². The van der Waals surface area contributed by atoms with Crippen LogP contribution in [-0.2, 0) is 8.50 Å². The van der Waals surface area contributed by atoms with E-state index in [1.54, 1.807) is 18.2 Å². The molecule has 80 valence electrons. The maximum Gasteiger partial charge on any atom is 0.226 e. The van der Waals surface area contributed by atoms with Crippen LogP contribution in [0.1, 0.15) is 0 Å². The minimum atomic E-state index is -3.52. The predicted molar refractivity (Wildman–Crippen MR) is 65.5 cm³/mol. The van der Waals surface area contributed by atoms with Crippen LogP contribution in [0.25, 0.3) is 0 Å². The molecule has 0 aromatic carbocycles. The fourth-order valence-corrected chi connectivity index (χ4v) is 8.57. The quantitative estimate of drug-likeness (QED) is 0.395. The van der Waals surface area contributed by atoms with E-state index in [9.17, 15) is 8.42 Å². The lowest BCUT2D eigenvalue weighted by Crippen LogP contribution is -2.39. The van der Waals surface area contributed by atoms with E-state index in [0.29, 0.717) is 18.1 Å². The summed E-state index contributed by atoms with van der Waals surface area (Å²) in [7, 11) is -0.646. The highest BCUT2D eigenvalue weighted by atomic mass is 35.7. The summed E-state index contributed by atoms with van der Waals surface area (Å²) >= 11 is 0. The zero-order valence-corrected chi connectivity index (χ0v) is 10.6. The number of hydrogen-bond acceptors (Lipinski definition) is 2. The largest absolute Gasteiger partial charge is 0.226 e. The van der Waals surface area contributed by atoms with Crippen LogP contribution < -0.4 is 0 Å². The van der Waals surface area contributed by atoms with Crippen molar-refractivity contribution in [2.24, 2.45) is 0 Å². The lowest BCUT2D eigenvalue weighted by Gasteiger charge is -2.23. The number of hydrogen-bond donors (Lipinski definition) is 0. The van der Waals surface area contributed by atoms with Crippen molar-refractivity contribution in [2.45, 2.75) is 18.1 Å². The minimum absolute atomic E-state index is 0.441. The summed E-state index contributed by atoms with van der Waals surface area (Å²) in [6.07, 6.45) is 4.83. The van der Waals surface area contributed by atoms with Crippen LogP contribution in [0.2, 0.25) is 18.1 Å². The Kier molecular flexibility index (Phi) is 5.40. The van der Waals surface area contributed by atoms with Gasteiger partial charge in [0.25, 0.3) is 0 Å². The van der Waals surface area contributed by atoms with Crippen LogP contribution in [0.15, 0.2) is 38.0 Å². The Bertz CT molecular complexity index is 295. The van der Waals surface area contributed by atoms with Crippen molar-refractivity contribution in [3.05, 3.63) is 38.0 Å². The molecule has 0 aliphatic rings. The number of allylic oxidation sites excluding steroid dienone is 3. The predicted octanol–water partition coefficient (Wildman–Crippen LogP) is 3.06. The molecular formula is C9H15ClO2SSi. The van der Waals surface area contributed by atoms with Gasteiger partial charge in [-0.15, -0.1) is 19.7 Å². The molecule has 0 bridgehead atoms. The summed E-state index contributed by atoms with van der Waals surface area (Å²) in [5, 5.41) is 0. The molecule has 0 saturated heterocycles. The standard InChI is InChI=1S/C9H15ClO2SSi/c1-4-7-14(8-5-2,9-6-3)13(10,11)12/h4-6H,1-3,7-9H2.